The third-order valence-corrected chi connectivity index (χ3v) is 5.37. The summed E-state index contributed by atoms with van der Waals surface area (Å²) in [5.41, 5.74) is 0.910. The van der Waals surface area contributed by atoms with E-state index in [-0.39, 0.29) is 11.9 Å². The molecule has 2 aliphatic heterocycles. The first-order chi connectivity index (χ1) is 12.9. The summed E-state index contributed by atoms with van der Waals surface area (Å²) in [6, 6.07) is 8.94. The average molecular weight is 368 g/mol. The number of anilines is 1. The summed E-state index contributed by atoms with van der Waals surface area (Å²) in [7, 11) is 3.27. The van der Waals surface area contributed by atoms with Crippen molar-refractivity contribution >= 4 is 17.9 Å². The van der Waals surface area contributed by atoms with E-state index in [1.165, 1.54) is 11.9 Å². The van der Waals surface area contributed by atoms with Crippen LogP contribution in [0.5, 0.6) is 0 Å². The van der Waals surface area contributed by atoms with Crippen LogP contribution < -0.4 is 4.90 Å². The van der Waals surface area contributed by atoms with Gasteiger partial charge in [0.2, 0.25) is 5.95 Å². The summed E-state index contributed by atoms with van der Waals surface area (Å²) in [5, 5.41) is 8.79. The topological polar surface area (TPSA) is 74.6 Å². The number of urea groups is 1. The SMILES string of the molecule is CC(C)CCN1c2nnc(-c3ccccc3)n2C2C1C(=O)N(C)C(=O)N2C. The number of aromatic nitrogens is 3. The predicted octanol–water partition coefficient (Wildman–Crippen LogP) is 2.20. The van der Waals surface area contributed by atoms with Crippen molar-refractivity contribution in [3.8, 4) is 11.4 Å². The van der Waals surface area contributed by atoms with E-state index >= 15 is 0 Å². The Kier molecular flexibility index (Phi) is 4.13. The number of nitrogens with zero attached hydrogens (tertiary/aromatic N) is 6. The summed E-state index contributed by atoms with van der Waals surface area (Å²) in [5.74, 6) is 1.61. The number of amides is 3. The fourth-order valence-corrected chi connectivity index (χ4v) is 3.86. The van der Waals surface area contributed by atoms with Crippen LogP contribution in [-0.4, -0.2) is 63.2 Å². The molecule has 8 nitrogen and oxygen atoms in total. The molecule has 2 atom stereocenters. The second-order valence-corrected chi connectivity index (χ2v) is 7.58. The Morgan fingerprint density at radius 1 is 1.07 bits per heavy atom. The molecule has 1 aromatic carbocycles. The summed E-state index contributed by atoms with van der Waals surface area (Å²) in [4.78, 5) is 30.4. The highest BCUT2D eigenvalue weighted by Crippen LogP contribution is 2.42. The van der Waals surface area contributed by atoms with Crippen LogP contribution in [0.15, 0.2) is 30.3 Å². The molecule has 3 amide bonds. The van der Waals surface area contributed by atoms with Gasteiger partial charge < -0.3 is 9.80 Å². The van der Waals surface area contributed by atoms with Gasteiger partial charge in [0.1, 0.15) is 6.17 Å². The highest BCUT2D eigenvalue weighted by atomic mass is 16.2. The minimum absolute atomic E-state index is 0.198. The minimum Gasteiger partial charge on any atom is -0.325 e. The van der Waals surface area contributed by atoms with Crippen LogP contribution in [0.2, 0.25) is 0 Å². The highest BCUT2D eigenvalue weighted by molar-refractivity contribution is 6.02. The van der Waals surface area contributed by atoms with Gasteiger partial charge in [0.05, 0.1) is 0 Å². The smallest absolute Gasteiger partial charge is 0.325 e. The van der Waals surface area contributed by atoms with E-state index in [9.17, 15) is 9.59 Å². The molecular formula is C19H24N6O2. The molecule has 4 rings (SSSR count). The Bertz CT molecular complexity index is 878. The molecule has 8 heteroatoms. The summed E-state index contributed by atoms with van der Waals surface area (Å²) in [6.45, 7) is 4.99. The number of likely N-dealkylation sites (N-methyl/N-ethyl adjacent to an activating group) is 2. The van der Waals surface area contributed by atoms with Crippen LogP contribution in [-0.2, 0) is 4.79 Å². The molecule has 0 saturated carbocycles. The van der Waals surface area contributed by atoms with Gasteiger partial charge in [0, 0.05) is 26.2 Å². The molecule has 27 heavy (non-hydrogen) atoms. The molecule has 2 unspecified atom stereocenters. The van der Waals surface area contributed by atoms with Gasteiger partial charge in [-0.25, -0.2) is 4.79 Å². The lowest BCUT2D eigenvalue weighted by Crippen LogP contribution is -2.61. The normalized spacial score (nSPS) is 21.9. The van der Waals surface area contributed by atoms with Gasteiger partial charge in [0.25, 0.3) is 5.91 Å². The van der Waals surface area contributed by atoms with Crippen molar-refractivity contribution in [3.63, 3.8) is 0 Å². The predicted molar refractivity (Wildman–Crippen MR) is 101 cm³/mol. The third-order valence-electron chi connectivity index (χ3n) is 5.37. The molecular weight excluding hydrogens is 344 g/mol. The van der Waals surface area contributed by atoms with Gasteiger partial charge >= 0.3 is 6.03 Å². The van der Waals surface area contributed by atoms with Crippen LogP contribution in [0.1, 0.15) is 26.4 Å². The Hall–Kier alpha value is -2.90. The number of carbonyl (C=O) groups excluding carboxylic acids is 2. The monoisotopic (exact) mass is 368 g/mol. The first-order valence-corrected chi connectivity index (χ1v) is 9.23. The number of benzene rings is 1. The molecule has 2 aliphatic rings. The number of carbonyl (C=O) groups is 2. The molecule has 0 spiro atoms. The van der Waals surface area contributed by atoms with E-state index in [1.54, 1.807) is 11.9 Å². The number of imide groups is 1. The molecule has 1 saturated heterocycles. The lowest BCUT2D eigenvalue weighted by Gasteiger charge is -2.40. The van der Waals surface area contributed by atoms with Crippen LogP contribution in [0.3, 0.4) is 0 Å². The maximum Gasteiger partial charge on any atom is 0.327 e. The van der Waals surface area contributed by atoms with Crippen LogP contribution in [0, 0.1) is 5.92 Å². The third kappa shape index (κ3) is 2.58. The highest BCUT2D eigenvalue weighted by Gasteiger charge is 2.54. The Morgan fingerprint density at radius 3 is 2.44 bits per heavy atom. The van der Waals surface area contributed by atoms with Crippen molar-refractivity contribution in [2.45, 2.75) is 32.5 Å². The Labute approximate surface area is 158 Å². The fraction of sp³-hybridized carbons (Fsp3) is 0.474. The first-order valence-electron chi connectivity index (χ1n) is 9.23. The van der Waals surface area contributed by atoms with E-state index in [0.717, 1.165) is 12.0 Å². The largest absolute Gasteiger partial charge is 0.327 e. The molecule has 0 radical (unpaired) electrons. The van der Waals surface area contributed by atoms with Gasteiger partial charge in [-0.05, 0) is 12.3 Å². The summed E-state index contributed by atoms with van der Waals surface area (Å²) in [6.07, 6.45) is 0.472. The van der Waals surface area contributed by atoms with E-state index in [0.29, 0.717) is 24.2 Å². The minimum atomic E-state index is -0.482. The van der Waals surface area contributed by atoms with Gasteiger partial charge in [-0.2, -0.15) is 0 Å². The van der Waals surface area contributed by atoms with Crippen LogP contribution >= 0.6 is 0 Å². The molecule has 142 valence electrons. The standard InChI is InChI=1S/C19H24N6O2/c1-12(2)10-11-24-14-16(22(3)19(27)23(4)17(14)26)25-15(20-21-18(24)25)13-8-6-5-7-9-13/h5-9,12,14,16H,10-11H2,1-4H3. The molecule has 1 aromatic heterocycles. The number of rotatable bonds is 4. The van der Waals surface area contributed by atoms with Gasteiger partial charge in [-0.1, -0.05) is 44.2 Å². The maximum atomic E-state index is 13.0. The zero-order valence-electron chi connectivity index (χ0n) is 16.0. The average Bonchev–Trinajstić information content (AvgIpc) is 3.21. The molecule has 0 bridgehead atoms. The number of hydrogen-bond acceptors (Lipinski definition) is 5. The number of hydrogen-bond donors (Lipinski definition) is 0. The van der Waals surface area contributed by atoms with E-state index in [2.05, 4.69) is 24.0 Å². The quantitative estimate of drug-likeness (QED) is 0.827. The van der Waals surface area contributed by atoms with Crippen molar-refractivity contribution in [1.82, 2.24) is 24.6 Å². The van der Waals surface area contributed by atoms with Crippen LogP contribution in [0.4, 0.5) is 10.7 Å². The van der Waals surface area contributed by atoms with E-state index in [4.69, 9.17) is 0 Å². The van der Waals surface area contributed by atoms with Crippen molar-refractivity contribution in [2.75, 3.05) is 25.5 Å². The molecule has 3 heterocycles. The molecule has 2 aromatic rings. The molecule has 0 aliphatic carbocycles. The maximum absolute atomic E-state index is 13.0. The Morgan fingerprint density at radius 2 is 1.78 bits per heavy atom. The van der Waals surface area contributed by atoms with E-state index < -0.39 is 12.2 Å². The van der Waals surface area contributed by atoms with Gasteiger partial charge in [-0.15, -0.1) is 10.2 Å². The Balaban J connectivity index is 1.84. The van der Waals surface area contributed by atoms with Crippen molar-refractivity contribution in [1.29, 1.82) is 0 Å². The first kappa shape index (κ1) is 17.5. The zero-order valence-corrected chi connectivity index (χ0v) is 16.0. The fourth-order valence-electron chi connectivity index (χ4n) is 3.86. The second kappa shape index (κ2) is 6.37. The summed E-state index contributed by atoms with van der Waals surface area (Å²) < 4.78 is 1.93. The second-order valence-electron chi connectivity index (χ2n) is 7.58. The molecule has 1 fully saturated rings. The van der Waals surface area contributed by atoms with Gasteiger partial charge in [-0.3, -0.25) is 14.3 Å². The van der Waals surface area contributed by atoms with Gasteiger partial charge in [0.15, 0.2) is 11.9 Å². The van der Waals surface area contributed by atoms with Crippen LogP contribution in [0.25, 0.3) is 11.4 Å². The van der Waals surface area contributed by atoms with Crippen molar-refractivity contribution in [3.05, 3.63) is 30.3 Å². The lowest BCUT2D eigenvalue weighted by molar-refractivity contribution is -0.133. The van der Waals surface area contributed by atoms with Crippen molar-refractivity contribution in [2.24, 2.45) is 5.92 Å². The van der Waals surface area contributed by atoms with Crippen molar-refractivity contribution < 1.29 is 9.59 Å². The number of fused-ring (bicyclic) bond motifs is 3. The van der Waals surface area contributed by atoms with E-state index in [1.807, 2.05) is 39.8 Å². The molecule has 0 N–H and O–H groups in total. The summed E-state index contributed by atoms with van der Waals surface area (Å²) >= 11 is 0. The zero-order chi connectivity index (χ0) is 19.3. The lowest BCUT2D eigenvalue weighted by atomic mass is 10.1.